The number of carbonyl (C=O) groups excluding carboxylic acids is 3. The first-order chi connectivity index (χ1) is 13.9. The molecule has 0 N–H and O–H groups in total. The Bertz CT molecular complexity index is 1070. The molecule has 30 heavy (non-hydrogen) atoms. The molecule has 2 aliphatic heterocycles. The van der Waals surface area contributed by atoms with Gasteiger partial charge in [0.1, 0.15) is 23.5 Å². The standard InChI is InChI=1S/C25H28O5/c1-13-19(27)18-14(12-29-21(18)28)24(5)11-16-23(4)9-8-17(26)22(2,3)15(23)7-10-25(16,6)30-20(13)24/h8-9,11,15H,7,10,12H2,1-6H3/t15-,23-,24+,25-/m0/s1. The number of ether oxygens (including phenoxy) is 2. The summed E-state index contributed by atoms with van der Waals surface area (Å²) < 4.78 is 12.0. The lowest BCUT2D eigenvalue weighted by molar-refractivity contribution is -0.137. The Hall–Kier alpha value is -2.43. The summed E-state index contributed by atoms with van der Waals surface area (Å²) in [6.45, 7) is 12.2. The topological polar surface area (TPSA) is 69.7 Å². The third-order valence-corrected chi connectivity index (χ3v) is 8.49. The summed E-state index contributed by atoms with van der Waals surface area (Å²) in [4.78, 5) is 37.9. The third kappa shape index (κ3) is 2.06. The van der Waals surface area contributed by atoms with Crippen LogP contribution in [0.2, 0.25) is 0 Å². The van der Waals surface area contributed by atoms with E-state index in [1.54, 1.807) is 13.0 Å². The average molecular weight is 408 g/mol. The van der Waals surface area contributed by atoms with Crippen molar-refractivity contribution >= 4 is 17.5 Å². The Morgan fingerprint density at radius 2 is 1.77 bits per heavy atom. The SMILES string of the molecule is CC1=C2O[C@@]3(C)CC[C@H]4C(C)(C)C(=O)C=C[C@]4(C)C3=C[C@]2(C)C2=C(C(=O)OC2)C1=O. The Kier molecular flexibility index (Phi) is 3.53. The van der Waals surface area contributed by atoms with Gasteiger partial charge in [0.2, 0.25) is 0 Å². The van der Waals surface area contributed by atoms with E-state index in [2.05, 4.69) is 19.9 Å². The van der Waals surface area contributed by atoms with Crippen molar-refractivity contribution in [3.05, 3.63) is 46.3 Å². The van der Waals surface area contributed by atoms with Crippen LogP contribution in [0, 0.1) is 22.2 Å². The van der Waals surface area contributed by atoms with Crippen LogP contribution in [-0.4, -0.2) is 29.7 Å². The quantitative estimate of drug-likeness (QED) is 0.344. The summed E-state index contributed by atoms with van der Waals surface area (Å²) in [5.41, 5.74) is 0.374. The maximum Gasteiger partial charge on any atom is 0.342 e. The zero-order valence-corrected chi connectivity index (χ0v) is 18.5. The minimum atomic E-state index is -0.710. The number of hydrogen-bond acceptors (Lipinski definition) is 5. The van der Waals surface area contributed by atoms with Gasteiger partial charge in [0.25, 0.3) is 0 Å². The van der Waals surface area contributed by atoms with Crippen molar-refractivity contribution in [3.63, 3.8) is 0 Å². The third-order valence-electron chi connectivity index (χ3n) is 8.49. The molecular formula is C25H28O5. The van der Waals surface area contributed by atoms with Crippen molar-refractivity contribution in [2.45, 2.75) is 60.0 Å². The molecule has 1 saturated carbocycles. The highest BCUT2D eigenvalue weighted by molar-refractivity contribution is 6.26. The van der Waals surface area contributed by atoms with Gasteiger partial charge in [-0.15, -0.1) is 0 Å². The van der Waals surface area contributed by atoms with Crippen LogP contribution in [0.5, 0.6) is 0 Å². The second-order valence-corrected chi connectivity index (χ2v) is 10.6. The lowest BCUT2D eigenvalue weighted by atomic mass is 9.48. The van der Waals surface area contributed by atoms with Gasteiger partial charge in [-0.25, -0.2) is 4.79 Å². The molecule has 5 heteroatoms. The highest BCUT2D eigenvalue weighted by Gasteiger charge is 2.62. The van der Waals surface area contributed by atoms with E-state index >= 15 is 0 Å². The van der Waals surface area contributed by atoms with E-state index in [0.29, 0.717) is 16.9 Å². The number of carbonyl (C=O) groups is 3. The number of fused-ring (bicyclic) bond motifs is 5. The Labute approximate surface area is 176 Å². The summed E-state index contributed by atoms with van der Waals surface area (Å²) in [6, 6.07) is 0. The molecule has 0 bridgehead atoms. The average Bonchev–Trinajstić information content (AvgIpc) is 3.06. The smallest absolute Gasteiger partial charge is 0.342 e. The molecule has 158 valence electrons. The van der Waals surface area contributed by atoms with Crippen LogP contribution in [0.4, 0.5) is 0 Å². The zero-order valence-electron chi connectivity index (χ0n) is 18.5. The van der Waals surface area contributed by atoms with Gasteiger partial charge in [-0.05, 0) is 51.2 Å². The number of ketones is 2. The van der Waals surface area contributed by atoms with E-state index < -0.39 is 22.4 Å². The van der Waals surface area contributed by atoms with Gasteiger partial charge in [-0.3, -0.25) is 9.59 Å². The molecule has 0 unspecified atom stereocenters. The molecule has 1 fully saturated rings. The van der Waals surface area contributed by atoms with Gasteiger partial charge in [0, 0.05) is 22.0 Å². The van der Waals surface area contributed by atoms with Crippen molar-refractivity contribution in [1.29, 1.82) is 0 Å². The molecule has 0 aromatic heterocycles. The molecule has 0 saturated heterocycles. The summed E-state index contributed by atoms with van der Waals surface area (Å²) in [5, 5.41) is 0. The highest BCUT2D eigenvalue weighted by atomic mass is 16.5. The lowest BCUT2D eigenvalue weighted by Gasteiger charge is -2.59. The van der Waals surface area contributed by atoms with Crippen molar-refractivity contribution in [2.24, 2.45) is 22.2 Å². The van der Waals surface area contributed by atoms with Gasteiger partial charge in [-0.2, -0.15) is 0 Å². The van der Waals surface area contributed by atoms with Crippen LogP contribution in [0.1, 0.15) is 54.4 Å². The normalized spacial score (nSPS) is 41.5. The number of cyclic esters (lactones) is 1. The molecule has 2 heterocycles. The van der Waals surface area contributed by atoms with Gasteiger partial charge < -0.3 is 9.47 Å². The van der Waals surface area contributed by atoms with E-state index in [0.717, 1.165) is 18.4 Å². The Morgan fingerprint density at radius 1 is 1.07 bits per heavy atom. The maximum atomic E-state index is 12.9. The number of rotatable bonds is 0. The molecule has 4 atom stereocenters. The maximum absolute atomic E-state index is 12.9. The highest BCUT2D eigenvalue weighted by Crippen LogP contribution is 2.64. The van der Waals surface area contributed by atoms with Crippen molar-refractivity contribution in [2.75, 3.05) is 6.61 Å². The number of Topliss-reactive ketones (excluding diaryl/α,β-unsaturated/α-hetero) is 1. The van der Waals surface area contributed by atoms with E-state index in [1.807, 2.05) is 26.8 Å². The second kappa shape index (κ2) is 5.43. The number of hydrogen-bond donors (Lipinski definition) is 0. The van der Waals surface area contributed by atoms with Crippen molar-refractivity contribution < 1.29 is 23.9 Å². The summed E-state index contributed by atoms with van der Waals surface area (Å²) in [5.74, 6) is 0.119. The first-order valence-corrected chi connectivity index (χ1v) is 10.7. The fourth-order valence-corrected chi connectivity index (χ4v) is 6.69. The molecule has 0 aromatic carbocycles. The molecule has 0 amide bonds. The molecular weight excluding hydrogens is 380 g/mol. The van der Waals surface area contributed by atoms with E-state index in [-0.39, 0.29) is 35.1 Å². The zero-order chi connectivity index (χ0) is 21.9. The monoisotopic (exact) mass is 408 g/mol. The first kappa shape index (κ1) is 19.5. The van der Waals surface area contributed by atoms with Gasteiger partial charge in [-0.1, -0.05) is 32.9 Å². The van der Waals surface area contributed by atoms with Crippen LogP contribution >= 0.6 is 0 Å². The summed E-state index contributed by atoms with van der Waals surface area (Å²) in [7, 11) is 0. The van der Waals surface area contributed by atoms with Crippen LogP contribution in [0.3, 0.4) is 0 Å². The first-order valence-electron chi connectivity index (χ1n) is 10.7. The molecule has 0 aromatic rings. The summed E-state index contributed by atoms with van der Waals surface area (Å²) >= 11 is 0. The minimum Gasteiger partial charge on any atom is -0.486 e. The second-order valence-electron chi connectivity index (χ2n) is 10.6. The molecule has 5 rings (SSSR count). The largest absolute Gasteiger partial charge is 0.486 e. The molecule has 5 aliphatic rings. The Morgan fingerprint density at radius 3 is 2.47 bits per heavy atom. The van der Waals surface area contributed by atoms with Crippen LogP contribution < -0.4 is 0 Å². The van der Waals surface area contributed by atoms with Gasteiger partial charge in [0.15, 0.2) is 11.6 Å². The Balaban J connectivity index is 1.77. The van der Waals surface area contributed by atoms with Crippen LogP contribution in [-0.2, 0) is 23.9 Å². The van der Waals surface area contributed by atoms with Crippen molar-refractivity contribution in [3.8, 4) is 0 Å². The predicted molar refractivity (Wildman–Crippen MR) is 110 cm³/mol. The lowest BCUT2D eigenvalue weighted by Crippen LogP contribution is -2.57. The summed E-state index contributed by atoms with van der Waals surface area (Å²) in [6.07, 6.45) is 7.61. The molecule has 0 radical (unpaired) electrons. The van der Waals surface area contributed by atoms with Crippen molar-refractivity contribution in [1.82, 2.24) is 0 Å². The number of esters is 1. The van der Waals surface area contributed by atoms with E-state index in [1.165, 1.54) is 0 Å². The van der Waals surface area contributed by atoms with E-state index in [4.69, 9.17) is 9.47 Å². The number of allylic oxidation sites excluding steroid dienone is 4. The van der Waals surface area contributed by atoms with Crippen LogP contribution in [0.25, 0.3) is 0 Å². The fourth-order valence-electron chi connectivity index (χ4n) is 6.69. The fraction of sp³-hybridized carbons (Fsp3) is 0.560. The van der Waals surface area contributed by atoms with Gasteiger partial charge in [0.05, 0.1) is 5.41 Å². The van der Waals surface area contributed by atoms with Gasteiger partial charge >= 0.3 is 5.97 Å². The molecule has 0 spiro atoms. The molecule has 5 nitrogen and oxygen atoms in total. The molecule has 3 aliphatic carbocycles. The van der Waals surface area contributed by atoms with Crippen LogP contribution in [0.15, 0.2) is 46.3 Å². The van der Waals surface area contributed by atoms with E-state index in [9.17, 15) is 14.4 Å². The predicted octanol–water partition coefficient (Wildman–Crippen LogP) is 4.00. The minimum absolute atomic E-state index is 0.108.